The van der Waals surface area contributed by atoms with Gasteiger partial charge in [-0.1, -0.05) is 47.3 Å². The topological polar surface area (TPSA) is 53.2 Å². The van der Waals surface area contributed by atoms with Gasteiger partial charge in [-0.2, -0.15) is 0 Å². The van der Waals surface area contributed by atoms with Crippen molar-refractivity contribution in [2.75, 3.05) is 7.05 Å². The number of nitrogens with one attached hydrogen (secondary N) is 3. The van der Waals surface area contributed by atoms with Gasteiger partial charge in [0.2, 0.25) is 5.91 Å². The molecule has 2 rings (SSSR count). The predicted molar refractivity (Wildman–Crippen MR) is 96.4 cm³/mol. The number of rotatable bonds is 3. The van der Waals surface area contributed by atoms with Crippen molar-refractivity contribution in [1.82, 2.24) is 16.2 Å². The largest absolute Gasteiger partial charge is 0.364 e. The molecular formula is C16H22BrN3OS. The average molecular weight is 384 g/mol. The predicted octanol–water partition coefficient (Wildman–Crippen LogP) is 3.24. The lowest BCUT2D eigenvalue weighted by Crippen LogP contribution is -2.48. The van der Waals surface area contributed by atoms with Crippen LogP contribution in [0.25, 0.3) is 0 Å². The van der Waals surface area contributed by atoms with Crippen LogP contribution in [0.15, 0.2) is 28.7 Å². The van der Waals surface area contributed by atoms with Gasteiger partial charge in [-0.25, -0.2) is 0 Å². The van der Waals surface area contributed by atoms with Gasteiger partial charge < -0.3 is 5.32 Å². The van der Waals surface area contributed by atoms with Crippen LogP contribution in [0, 0.1) is 5.92 Å². The van der Waals surface area contributed by atoms with Gasteiger partial charge in [0, 0.05) is 11.5 Å². The molecule has 0 heterocycles. The number of amides is 1. The zero-order valence-corrected chi connectivity index (χ0v) is 15.1. The highest BCUT2D eigenvalue weighted by molar-refractivity contribution is 9.10. The molecular weight excluding hydrogens is 362 g/mol. The summed E-state index contributed by atoms with van der Waals surface area (Å²) in [6.07, 6.45) is 5.86. The Kier molecular flexibility index (Phi) is 6.64. The van der Waals surface area contributed by atoms with Crippen molar-refractivity contribution in [1.29, 1.82) is 0 Å². The minimum atomic E-state index is -0.148. The Morgan fingerprint density at radius 2 is 2.00 bits per heavy atom. The molecule has 0 aromatic heterocycles. The van der Waals surface area contributed by atoms with Crippen LogP contribution in [0.3, 0.4) is 0 Å². The molecule has 1 atom stereocenters. The number of hydrogen-bond donors (Lipinski definition) is 3. The van der Waals surface area contributed by atoms with E-state index < -0.39 is 0 Å². The number of thiocarbonyl (C=S) groups is 1. The van der Waals surface area contributed by atoms with E-state index in [0.717, 1.165) is 22.9 Å². The smallest absolute Gasteiger partial charge is 0.246 e. The third-order valence-electron chi connectivity index (χ3n) is 4.14. The summed E-state index contributed by atoms with van der Waals surface area (Å²) in [5.41, 5.74) is 6.54. The molecule has 1 aromatic rings. The summed E-state index contributed by atoms with van der Waals surface area (Å²) in [4.78, 5) is 12.7. The lowest BCUT2D eigenvalue weighted by molar-refractivity contribution is -0.124. The van der Waals surface area contributed by atoms with Crippen molar-refractivity contribution < 1.29 is 4.79 Å². The fraction of sp³-hybridized carbons (Fsp3) is 0.500. The van der Waals surface area contributed by atoms with Gasteiger partial charge in [0.25, 0.3) is 0 Å². The minimum Gasteiger partial charge on any atom is -0.364 e. The number of halogens is 1. The van der Waals surface area contributed by atoms with E-state index in [9.17, 15) is 4.79 Å². The Hall–Kier alpha value is -1.14. The summed E-state index contributed by atoms with van der Waals surface area (Å²) < 4.78 is 0.998. The molecule has 120 valence electrons. The zero-order chi connectivity index (χ0) is 15.9. The summed E-state index contributed by atoms with van der Waals surface area (Å²) in [5, 5.41) is 3.19. The highest BCUT2D eigenvalue weighted by atomic mass is 79.9. The monoisotopic (exact) mass is 383 g/mol. The third-order valence-corrected chi connectivity index (χ3v) is 4.94. The van der Waals surface area contributed by atoms with Crippen LogP contribution in [-0.2, 0) is 4.79 Å². The van der Waals surface area contributed by atoms with E-state index in [4.69, 9.17) is 12.2 Å². The Morgan fingerprint density at radius 3 is 2.64 bits per heavy atom. The number of benzene rings is 1. The van der Waals surface area contributed by atoms with Crippen molar-refractivity contribution in [2.24, 2.45) is 5.92 Å². The maximum Gasteiger partial charge on any atom is 0.246 e. The Bertz CT molecular complexity index is 532. The van der Waals surface area contributed by atoms with Crippen LogP contribution < -0.4 is 16.2 Å². The lowest BCUT2D eigenvalue weighted by atomic mass is 9.76. The number of hydrogen-bond acceptors (Lipinski definition) is 2. The Balaban J connectivity index is 2.17. The number of carbonyl (C=O) groups excluding carboxylic acids is 1. The van der Waals surface area contributed by atoms with Gasteiger partial charge in [-0.05, 0) is 48.7 Å². The maximum atomic E-state index is 12.7. The van der Waals surface area contributed by atoms with E-state index in [0.29, 0.717) is 11.0 Å². The second kappa shape index (κ2) is 8.48. The fourth-order valence-electron chi connectivity index (χ4n) is 3.06. The molecule has 0 unspecified atom stereocenters. The average Bonchev–Trinajstić information content (AvgIpc) is 2.54. The first-order valence-corrected chi connectivity index (χ1v) is 8.85. The first kappa shape index (κ1) is 17.2. The summed E-state index contributed by atoms with van der Waals surface area (Å²) in [6.45, 7) is 0. The second-order valence-corrected chi connectivity index (χ2v) is 6.95. The molecule has 3 N–H and O–H groups in total. The molecule has 0 spiro atoms. The SMILES string of the molecule is CNC(=S)NNC(=O)[C@@H](c1cccc(Br)c1)C1CCCCC1. The molecule has 0 bridgehead atoms. The van der Waals surface area contributed by atoms with Gasteiger partial charge >= 0.3 is 0 Å². The van der Waals surface area contributed by atoms with E-state index >= 15 is 0 Å². The van der Waals surface area contributed by atoms with Gasteiger partial charge in [0.15, 0.2) is 5.11 Å². The van der Waals surface area contributed by atoms with Crippen LogP contribution in [0.2, 0.25) is 0 Å². The molecule has 1 aliphatic rings. The first-order chi connectivity index (χ1) is 10.6. The van der Waals surface area contributed by atoms with Crippen LogP contribution in [0.5, 0.6) is 0 Å². The molecule has 1 fully saturated rings. The Labute approximate surface area is 145 Å². The molecule has 1 saturated carbocycles. The molecule has 0 radical (unpaired) electrons. The lowest BCUT2D eigenvalue weighted by Gasteiger charge is -2.30. The van der Waals surface area contributed by atoms with Crippen LogP contribution >= 0.6 is 28.1 Å². The van der Waals surface area contributed by atoms with E-state index in [1.54, 1.807) is 7.05 Å². The summed E-state index contributed by atoms with van der Waals surface area (Å²) in [5.74, 6) is 0.209. The molecule has 6 heteroatoms. The second-order valence-electron chi connectivity index (χ2n) is 5.62. The summed E-state index contributed by atoms with van der Waals surface area (Å²) in [6, 6.07) is 8.02. The highest BCUT2D eigenvalue weighted by Gasteiger charge is 2.31. The zero-order valence-electron chi connectivity index (χ0n) is 12.7. The van der Waals surface area contributed by atoms with Crippen LogP contribution in [0.1, 0.15) is 43.6 Å². The third kappa shape index (κ3) is 4.68. The Morgan fingerprint density at radius 1 is 1.27 bits per heavy atom. The van der Waals surface area contributed by atoms with Crippen molar-refractivity contribution >= 4 is 39.2 Å². The molecule has 1 aromatic carbocycles. The molecule has 0 aliphatic heterocycles. The normalized spacial score (nSPS) is 16.6. The number of hydrazine groups is 1. The molecule has 0 saturated heterocycles. The highest BCUT2D eigenvalue weighted by Crippen LogP contribution is 2.36. The molecule has 1 aliphatic carbocycles. The maximum absolute atomic E-state index is 12.7. The van der Waals surface area contributed by atoms with Crippen LogP contribution in [-0.4, -0.2) is 18.1 Å². The van der Waals surface area contributed by atoms with E-state index in [-0.39, 0.29) is 11.8 Å². The molecule has 4 nitrogen and oxygen atoms in total. The quantitative estimate of drug-likeness (QED) is 0.553. The minimum absolute atomic E-state index is 0.0254. The summed E-state index contributed by atoms with van der Waals surface area (Å²) >= 11 is 8.51. The van der Waals surface area contributed by atoms with E-state index in [1.807, 2.05) is 24.3 Å². The van der Waals surface area contributed by atoms with Gasteiger partial charge in [-0.3, -0.25) is 15.6 Å². The van der Waals surface area contributed by atoms with Crippen molar-refractivity contribution in [3.8, 4) is 0 Å². The molecule has 1 amide bonds. The van der Waals surface area contributed by atoms with Crippen molar-refractivity contribution in [3.63, 3.8) is 0 Å². The van der Waals surface area contributed by atoms with Crippen LogP contribution in [0.4, 0.5) is 0 Å². The van der Waals surface area contributed by atoms with Crippen molar-refractivity contribution in [2.45, 2.75) is 38.0 Å². The summed E-state index contributed by atoms with van der Waals surface area (Å²) in [7, 11) is 1.72. The molecule has 22 heavy (non-hydrogen) atoms. The van der Waals surface area contributed by atoms with Gasteiger partial charge in [-0.15, -0.1) is 0 Å². The van der Waals surface area contributed by atoms with E-state index in [2.05, 4.69) is 32.1 Å². The van der Waals surface area contributed by atoms with Gasteiger partial charge in [0.05, 0.1) is 5.92 Å². The van der Waals surface area contributed by atoms with E-state index in [1.165, 1.54) is 19.3 Å². The van der Waals surface area contributed by atoms with Gasteiger partial charge in [0.1, 0.15) is 0 Å². The van der Waals surface area contributed by atoms with Crippen molar-refractivity contribution in [3.05, 3.63) is 34.3 Å². The standard InChI is InChI=1S/C16H22BrN3OS/c1-18-16(22)20-19-15(21)14(11-6-3-2-4-7-11)12-8-5-9-13(17)10-12/h5,8-11,14H,2-4,6-7H2,1H3,(H,19,21)(H2,18,20,22)/t14-/m1/s1. The fourth-order valence-corrected chi connectivity index (χ4v) is 3.53. The number of carbonyl (C=O) groups is 1. The first-order valence-electron chi connectivity index (χ1n) is 7.65.